The third-order valence-electron chi connectivity index (χ3n) is 5.35. The van der Waals surface area contributed by atoms with Crippen LogP contribution in [0.1, 0.15) is 46.8 Å². The average molecular weight is 383 g/mol. The number of rotatable bonds is 8. The Hall–Kier alpha value is -2.37. The number of likely N-dealkylation sites (tertiary alicyclic amines) is 1. The number of para-hydroxylation sites is 1. The van der Waals surface area contributed by atoms with Crippen molar-refractivity contribution in [2.24, 2.45) is 0 Å². The van der Waals surface area contributed by atoms with Crippen LogP contribution in [0, 0.1) is 0 Å². The van der Waals surface area contributed by atoms with Gasteiger partial charge in [0.15, 0.2) is 0 Å². The van der Waals surface area contributed by atoms with E-state index in [9.17, 15) is 4.79 Å². The van der Waals surface area contributed by atoms with Gasteiger partial charge in [-0.2, -0.15) is 0 Å². The number of nitrogens with zero attached hydrogens (tertiary/aromatic N) is 1. The van der Waals surface area contributed by atoms with Gasteiger partial charge < -0.3 is 14.8 Å². The lowest BCUT2D eigenvalue weighted by Crippen LogP contribution is -2.41. The number of amides is 1. The van der Waals surface area contributed by atoms with Crippen LogP contribution < -0.4 is 10.1 Å². The standard InChI is InChI=1S/C23H30N2O3/c1-27-17-18-10-4-5-11-19(18)23(26)24-16-21(25-14-8-3-9-15-25)20-12-6-7-13-22(20)28-2/h4-7,10-13,21H,3,8-9,14-17H2,1-2H3,(H,24,26). The Bertz CT molecular complexity index is 772. The number of methoxy groups -OCH3 is 2. The Morgan fingerprint density at radius 2 is 1.75 bits per heavy atom. The predicted molar refractivity (Wildman–Crippen MR) is 111 cm³/mol. The molecule has 0 spiro atoms. The number of hydrogen-bond acceptors (Lipinski definition) is 4. The van der Waals surface area contributed by atoms with E-state index in [-0.39, 0.29) is 11.9 Å². The quantitative estimate of drug-likeness (QED) is 0.755. The zero-order valence-electron chi connectivity index (χ0n) is 16.8. The van der Waals surface area contributed by atoms with Crippen LogP contribution in [-0.2, 0) is 11.3 Å². The first-order chi connectivity index (χ1) is 13.7. The van der Waals surface area contributed by atoms with Crippen molar-refractivity contribution in [1.29, 1.82) is 0 Å². The summed E-state index contributed by atoms with van der Waals surface area (Å²) in [6.07, 6.45) is 3.65. The summed E-state index contributed by atoms with van der Waals surface area (Å²) in [6, 6.07) is 15.8. The molecule has 150 valence electrons. The van der Waals surface area contributed by atoms with Crippen molar-refractivity contribution in [1.82, 2.24) is 10.2 Å². The van der Waals surface area contributed by atoms with Crippen molar-refractivity contribution >= 4 is 5.91 Å². The maximum atomic E-state index is 12.9. The second-order valence-electron chi connectivity index (χ2n) is 7.15. The van der Waals surface area contributed by atoms with Crippen LogP contribution in [0.2, 0.25) is 0 Å². The molecule has 0 radical (unpaired) electrons. The molecule has 0 saturated carbocycles. The van der Waals surface area contributed by atoms with E-state index >= 15 is 0 Å². The van der Waals surface area contributed by atoms with E-state index in [4.69, 9.17) is 9.47 Å². The molecule has 0 aliphatic carbocycles. The molecular weight excluding hydrogens is 352 g/mol. The van der Waals surface area contributed by atoms with E-state index in [1.165, 1.54) is 19.3 Å². The number of benzene rings is 2. The van der Waals surface area contributed by atoms with Gasteiger partial charge in [0.05, 0.1) is 19.8 Å². The van der Waals surface area contributed by atoms with Gasteiger partial charge in [0, 0.05) is 24.8 Å². The summed E-state index contributed by atoms with van der Waals surface area (Å²) < 4.78 is 10.8. The second kappa shape index (κ2) is 10.2. The van der Waals surface area contributed by atoms with Crippen molar-refractivity contribution in [3.8, 4) is 5.75 Å². The smallest absolute Gasteiger partial charge is 0.251 e. The fourth-order valence-corrected chi connectivity index (χ4v) is 3.92. The molecule has 1 aliphatic rings. The SMILES string of the molecule is COCc1ccccc1C(=O)NCC(c1ccccc1OC)N1CCCCC1. The molecule has 1 saturated heterocycles. The highest BCUT2D eigenvalue weighted by Gasteiger charge is 2.25. The number of hydrogen-bond donors (Lipinski definition) is 1. The van der Waals surface area contributed by atoms with Gasteiger partial charge >= 0.3 is 0 Å². The Morgan fingerprint density at radius 3 is 2.50 bits per heavy atom. The summed E-state index contributed by atoms with van der Waals surface area (Å²) >= 11 is 0. The normalized spacial score (nSPS) is 15.8. The van der Waals surface area contributed by atoms with Crippen LogP contribution in [0.3, 0.4) is 0 Å². The van der Waals surface area contributed by atoms with E-state index in [2.05, 4.69) is 16.3 Å². The van der Waals surface area contributed by atoms with Gasteiger partial charge in [0.25, 0.3) is 5.91 Å². The van der Waals surface area contributed by atoms with E-state index in [0.29, 0.717) is 18.7 Å². The van der Waals surface area contributed by atoms with Gasteiger partial charge in [-0.1, -0.05) is 42.8 Å². The first-order valence-corrected chi connectivity index (χ1v) is 9.96. The first-order valence-electron chi connectivity index (χ1n) is 9.96. The van der Waals surface area contributed by atoms with Crippen LogP contribution in [0.4, 0.5) is 0 Å². The number of ether oxygens (including phenoxy) is 2. The topological polar surface area (TPSA) is 50.8 Å². The molecule has 3 rings (SSSR count). The molecule has 1 aliphatic heterocycles. The molecule has 1 fully saturated rings. The average Bonchev–Trinajstić information content (AvgIpc) is 2.75. The number of piperidine rings is 1. The fraction of sp³-hybridized carbons (Fsp3) is 0.435. The van der Waals surface area contributed by atoms with Crippen LogP contribution >= 0.6 is 0 Å². The summed E-state index contributed by atoms with van der Waals surface area (Å²) in [5, 5.41) is 3.15. The first kappa shape index (κ1) is 20.4. The molecule has 5 nitrogen and oxygen atoms in total. The van der Waals surface area contributed by atoms with Crippen LogP contribution in [0.25, 0.3) is 0 Å². The zero-order valence-corrected chi connectivity index (χ0v) is 16.8. The molecule has 0 aromatic heterocycles. The van der Waals surface area contributed by atoms with Gasteiger partial charge in [-0.05, 0) is 43.6 Å². The maximum Gasteiger partial charge on any atom is 0.251 e. The lowest BCUT2D eigenvalue weighted by atomic mass is 10.00. The third-order valence-corrected chi connectivity index (χ3v) is 5.35. The van der Waals surface area contributed by atoms with E-state index < -0.39 is 0 Å². The van der Waals surface area contributed by atoms with E-state index in [1.807, 2.05) is 42.5 Å². The molecule has 1 unspecified atom stereocenters. The van der Waals surface area contributed by atoms with Crippen molar-refractivity contribution in [2.45, 2.75) is 31.9 Å². The summed E-state index contributed by atoms with van der Waals surface area (Å²) in [6.45, 7) is 3.05. The Balaban J connectivity index is 1.79. The van der Waals surface area contributed by atoms with Gasteiger partial charge in [0.1, 0.15) is 5.75 Å². The Kier molecular flexibility index (Phi) is 7.46. The van der Waals surface area contributed by atoms with Crippen LogP contribution in [0.15, 0.2) is 48.5 Å². The highest BCUT2D eigenvalue weighted by molar-refractivity contribution is 5.95. The number of nitrogens with one attached hydrogen (secondary N) is 1. The summed E-state index contributed by atoms with van der Waals surface area (Å²) in [7, 11) is 3.34. The summed E-state index contributed by atoms with van der Waals surface area (Å²) in [4.78, 5) is 15.4. The van der Waals surface area contributed by atoms with Crippen LogP contribution in [-0.4, -0.2) is 44.7 Å². The molecule has 2 aromatic rings. The highest BCUT2D eigenvalue weighted by atomic mass is 16.5. The summed E-state index contributed by atoms with van der Waals surface area (Å²) in [5.41, 5.74) is 2.69. The molecule has 28 heavy (non-hydrogen) atoms. The Morgan fingerprint density at radius 1 is 1.04 bits per heavy atom. The lowest BCUT2D eigenvalue weighted by Gasteiger charge is -2.35. The van der Waals surface area contributed by atoms with Gasteiger partial charge in [-0.3, -0.25) is 9.69 Å². The maximum absolute atomic E-state index is 12.9. The lowest BCUT2D eigenvalue weighted by molar-refractivity contribution is 0.0918. The number of carbonyl (C=O) groups is 1. The molecule has 2 aromatic carbocycles. The highest BCUT2D eigenvalue weighted by Crippen LogP contribution is 2.31. The molecule has 1 atom stereocenters. The van der Waals surface area contributed by atoms with E-state index in [1.54, 1.807) is 14.2 Å². The molecule has 1 heterocycles. The van der Waals surface area contributed by atoms with Gasteiger partial charge in [0.2, 0.25) is 0 Å². The van der Waals surface area contributed by atoms with Crippen molar-refractivity contribution in [3.05, 3.63) is 65.2 Å². The minimum Gasteiger partial charge on any atom is -0.496 e. The Labute approximate surface area is 167 Å². The minimum atomic E-state index is -0.0652. The van der Waals surface area contributed by atoms with E-state index in [0.717, 1.165) is 30.0 Å². The molecule has 1 N–H and O–H groups in total. The predicted octanol–water partition coefficient (Wildman–Crippen LogP) is 3.80. The second-order valence-corrected chi connectivity index (χ2v) is 7.15. The zero-order chi connectivity index (χ0) is 19.8. The van der Waals surface area contributed by atoms with Gasteiger partial charge in [-0.15, -0.1) is 0 Å². The fourth-order valence-electron chi connectivity index (χ4n) is 3.92. The molecule has 1 amide bonds. The monoisotopic (exact) mass is 382 g/mol. The minimum absolute atomic E-state index is 0.0652. The van der Waals surface area contributed by atoms with Crippen LogP contribution in [0.5, 0.6) is 5.75 Å². The molecular formula is C23H30N2O3. The van der Waals surface area contributed by atoms with Crippen molar-refractivity contribution in [2.75, 3.05) is 33.9 Å². The summed E-state index contributed by atoms with van der Waals surface area (Å²) in [5.74, 6) is 0.802. The van der Waals surface area contributed by atoms with Crippen molar-refractivity contribution < 1.29 is 14.3 Å². The third kappa shape index (κ3) is 4.91. The molecule has 5 heteroatoms. The molecule has 0 bridgehead atoms. The largest absolute Gasteiger partial charge is 0.496 e. The number of carbonyl (C=O) groups excluding carboxylic acids is 1. The van der Waals surface area contributed by atoms with Crippen molar-refractivity contribution in [3.63, 3.8) is 0 Å². The van der Waals surface area contributed by atoms with Gasteiger partial charge in [-0.25, -0.2) is 0 Å².